The minimum absolute atomic E-state index is 0.0872. The number of benzene rings is 2. The molecule has 12 heteroatoms. The first-order valence-electron chi connectivity index (χ1n) is 11.7. The number of para-hydroxylation sites is 1. The molecule has 1 aliphatic rings. The molecule has 0 unspecified atom stereocenters. The molecule has 1 saturated heterocycles. The normalized spacial score (nSPS) is 14.4. The van der Waals surface area contributed by atoms with E-state index in [1.807, 2.05) is 30.3 Å². The number of fused-ring (bicyclic) bond motifs is 1. The molecule has 3 aromatic rings. The van der Waals surface area contributed by atoms with Gasteiger partial charge in [0.1, 0.15) is 11.5 Å². The number of aromatic nitrogens is 1. The third-order valence-corrected chi connectivity index (χ3v) is 8.43. The Morgan fingerprint density at radius 3 is 2.42 bits per heavy atom. The molecular weight excluding hydrogens is 528 g/mol. The molecule has 0 aliphatic carbocycles. The van der Waals surface area contributed by atoms with Crippen LogP contribution in [0.4, 0.5) is 5.69 Å². The maximum atomic E-state index is 12.7. The number of ether oxygens (including phenoxy) is 1. The van der Waals surface area contributed by atoms with Gasteiger partial charge < -0.3 is 19.1 Å². The third-order valence-electron chi connectivity index (χ3n) is 6.01. The predicted molar refractivity (Wildman–Crippen MR) is 144 cm³/mol. The summed E-state index contributed by atoms with van der Waals surface area (Å²) in [5.74, 6) is -1.14. The van der Waals surface area contributed by atoms with Crippen LogP contribution in [0.3, 0.4) is 0 Å². The summed E-state index contributed by atoms with van der Waals surface area (Å²) >= 11 is 1.09. The van der Waals surface area contributed by atoms with Gasteiger partial charge in [-0.25, -0.2) is 13.2 Å². The topological polar surface area (TPSA) is 118 Å². The van der Waals surface area contributed by atoms with Crippen molar-refractivity contribution >= 4 is 54.9 Å². The van der Waals surface area contributed by atoms with E-state index in [-0.39, 0.29) is 11.3 Å². The van der Waals surface area contributed by atoms with Gasteiger partial charge in [-0.15, -0.1) is 6.42 Å². The van der Waals surface area contributed by atoms with Gasteiger partial charge in [-0.05, 0) is 30.3 Å². The van der Waals surface area contributed by atoms with E-state index >= 15 is 0 Å². The van der Waals surface area contributed by atoms with Gasteiger partial charge in [-0.2, -0.15) is 4.99 Å². The fraction of sp³-hybridized carbons (Fsp3) is 0.308. The average Bonchev–Trinajstić information content (AvgIpc) is 3.24. The first kappa shape index (κ1) is 27.1. The maximum Gasteiger partial charge on any atom is 0.337 e. The lowest BCUT2D eigenvalue weighted by atomic mass is 10.2. The van der Waals surface area contributed by atoms with E-state index in [1.165, 1.54) is 12.0 Å². The SMILES string of the molecule is C#CCn1c(=NC(=O)CS(=O)(=O)CC(=O)N2CCN(c3ccccc3)CC2)sc2cc(C(=O)OC)ccc21. The zero-order valence-electron chi connectivity index (χ0n) is 20.7. The van der Waals surface area contributed by atoms with Crippen molar-refractivity contribution in [1.29, 1.82) is 0 Å². The number of hydrogen-bond donors (Lipinski definition) is 0. The zero-order valence-corrected chi connectivity index (χ0v) is 22.3. The van der Waals surface area contributed by atoms with E-state index in [1.54, 1.807) is 22.8 Å². The molecule has 1 aliphatic heterocycles. The number of carbonyl (C=O) groups excluding carboxylic acids is 3. The van der Waals surface area contributed by atoms with Crippen molar-refractivity contribution in [3.05, 3.63) is 58.9 Å². The Kier molecular flexibility index (Phi) is 8.29. The molecule has 1 fully saturated rings. The van der Waals surface area contributed by atoms with E-state index in [0.717, 1.165) is 17.0 Å². The van der Waals surface area contributed by atoms with E-state index in [9.17, 15) is 22.8 Å². The Bertz CT molecular complexity index is 1580. The first-order valence-corrected chi connectivity index (χ1v) is 14.4. The zero-order chi connectivity index (χ0) is 27.3. The molecule has 2 aromatic carbocycles. The lowest BCUT2D eigenvalue weighted by molar-refractivity contribution is -0.128. The van der Waals surface area contributed by atoms with Crippen LogP contribution in [0.25, 0.3) is 10.2 Å². The number of terminal acetylenes is 1. The first-order chi connectivity index (χ1) is 18.2. The second-order valence-electron chi connectivity index (χ2n) is 8.59. The summed E-state index contributed by atoms with van der Waals surface area (Å²) < 4.78 is 32.3. The second kappa shape index (κ2) is 11.6. The van der Waals surface area contributed by atoms with E-state index < -0.39 is 39.1 Å². The molecule has 0 bridgehead atoms. The molecule has 198 valence electrons. The number of hydrogen-bond acceptors (Lipinski definition) is 8. The number of anilines is 1. The fourth-order valence-electron chi connectivity index (χ4n) is 4.16. The van der Waals surface area contributed by atoms with E-state index in [2.05, 4.69) is 15.8 Å². The number of amides is 2. The van der Waals surface area contributed by atoms with Gasteiger partial charge in [0.25, 0.3) is 5.91 Å². The molecule has 0 radical (unpaired) electrons. The lowest BCUT2D eigenvalue weighted by Crippen LogP contribution is -2.50. The monoisotopic (exact) mass is 554 g/mol. The highest BCUT2D eigenvalue weighted by Gasteiger charge is 2.27. The molecule has 0 atom stereocenters. The van der Waals surface area contributed by atoms with Crippen molar-refractivity contribution in [2.24, 2.45) is 4.99 Å². The number of carbonyl (C=O) groups is 3. The second-order valence-corrected chi connectivity index (χ2v) is 11.7. The minimum Gasteiger partial charge on any atom is -0.465 e. The van der Waals surface area contributed by atoms with Gasteiger partial charge in [0, 0.05) is 31.9 Å². The van der Waals surface area contributed by atoms with Crippen LogP contribution in [0.15, 0.2) is 53.5 Å². The summed E-state index contributed by atoms with van der Waals surface area (Å²) in [5, 5.41) is 0. The number of methoxy groups -OCH3 is 1. The van der Waals surface area contributed by atoms with Crippen LogP contribution in [-0.4, -0.2) is 80.5 Å². The van der Waals surface area contributed by atoms with Gasteiger partial charge in [0.15, 0.2) is 14.6 Å². The minimum atomic E-state index is -4.05. The van der Waals surface area contributed by atoms with Crippen molar-refractivity contribution in [2.45, 2.75) is 6.54 Å². The highest BCUT2D eigenvalue weighted by atomic mass is 32.2. The largest absolute Gasteiger partial charge is 0.465 e. The van der Waals surface area contributed by atoms with Crippen molar-refractivity contribution in [2.75, 3.05) is 49.7 Å². The van der Waals surface area contributed by atoms with Crippen molar-refractivity contribution in [1.82, 2.24) is 9.47 Å². The predicted octanol–water partition coefficient (Wildman–Crippen LogP) is 1.31. The average molecular weight is 555 g/mol. The number of rotatable bonds is 7. The molecule has 0 N–H and O–H groups in total. The molecule has 1 aromatic heterocycles. The van der Waals surface area contributed by atoms with Crippen molar-refractivity contribution < 1.29 is 27.5 Å². The van der Waals surface area contributed by atoms with Crippen LogP contribution in [0.2, 0.25) is 0 Å². The third kappa shape index (κ3) is 6.30. The number of piperazine rings is 1. The highest BCUT2D eigenvalue weighted by molar-refractivity contribution is 7.92. The maximum absolute atomic E-state index is 12.7. The molecule has 4 rings (SSSR count). The summed E-state index contributed by atoms with van der Waals surface area (Å²) in [6.45, 7) is 2.04. The number of thiazole rings is 1. The van der Waals surface area contributed by atoms with Crippen molar-refractivity contribution in [3.8, 4) is 12.3 Å². The van der Waals surface area contributed by atoms with E-state index in [4.69, 9.17) is 11.2 Å². The van der Waals surface area contributed by atoms with Crippen LogP contribution in [0, 0.1) is 12.3 Å². The van der Waals surface area contributed by atoms with Crippen LogP contribution < -0.4 is 9.70 Å². The van der Waals surface area contributed by atoms with Crippen LogP contribution in [0.1, 0.15) is 10.4 Å². The van der Waals surface area contributed by atoms with Crippen LogP contribution >= 0.6 is 11.3 Å². The Labute approximate surface area is 224 Å². The number of esters is 1. The van der Waals surface area contributed by atoms with Crippen molar-refractivity contribution in [3.63, 3.8) is 0 Å². The molecule has 2 amide bonds. The number of nitrogens with zero attached hydrogens (tertiary/aromatic N) is 4. The summed E-state index contributed by atoms with van der Waals surface area (Å²) in [7, 11) is -2.77. The molecule has 38 heavy (non-hydrogen) atoms. The standard InChI is InChI=1S/C26H26N4O6S2/c1-3-11-30-21-10-9-19(25(33)36-2)16-22(21)37-26(30)27-23(31)17-38(34,35)18-24(32)29-14-12-28(13-15-29)20-7-5-4-6-8-20/h1,4-10,16H,11-15,17-18H2,2H3. The number of sulfone groups is 1. The molecular formula is C26H26N4O6S2. The summed E-state index contributed by atoms with van der Waals surface area (Å²) in [6, 6.07) is 14.6. The summed E-state index contributed by atoms with van der Waals surface area (Å²) in [5.41, 5.74) is 2.00. The van der Waals surface area contributed by atoms with E-state index in [0.29, 0.717) is 42.0 Å². The highest BCUT2D eigenvalue weighted by Crippen LogP contribution is 2.20. The molecule has 10 nitrogen and oxygen atoms in total. The lowest BCUT2D eigenvalue weighted by Gasteiger charge is -2.36. The van der Waals surface area contributed by atoms with Gasteiger partial charge in [-0.1, -0.05) is 35.5 Å². The van der Waals surface area contributed by atoms with Gasteiger partial charge in [0.2, 0.25) is 5.91 Å². The fourth-order valence-corrected chi connectivity index (χ4v) is 6.35. The van der Waals surface area contributed by atoms with Gasteiger partial charge in [-0.3, -0.25) is 9.59 Å². The quantitative estimate of drug-likeness (QED) is 0.319. The smallest absolute Gasteiger partial charge is 0.337 e. The Balaban J connectivity index is 1.44. The van der Waals surface area contributed by atoms with Gasteiger partial charge >= 0.3 is 5.97 Å². The summed E-state index contributed by atoms with van der Waals surface area (Å²) in [6.07, 6.45) is 5.47. The Morgan fingerprint density at radius 1 is 1.05 bits per heavy atom. The molecule has 0 saturated carbocycles. The molecule has 0 spiro atoms. The Morgan fingerprint density at radius 2 is 1.76 bits per heavy atom. The summed E-state index contributed by atoms with van der Waals surface area (Å²) in [4.78, 5) is 45.0. The molecule has 2 heterocycles. The van der Waals surface area contributed by atoms with Gasteiger partial charge in [0.05, 0.1) is 29.4 Å². The Hall–Kier alpha value is -3.95. The van der Waals surface area contributed by atoms with Crippen LogP contribution in [-0.2, 0) is 30.7 Å². The van der Waals surface area contributed by atoms with Crippen LogP contribution in [0.5, 0.6) is 0 Å².